The average Bonchev–Trinajstić information content (AvgIpc) is 2.40. The lowest BCUT2D eigenvalue weighted by molar-refractivity contribution is 0.553. The van der Waals surface area contributed by atoms with E-state index in [0.717, 1.165) is 29.2 Å². The number of hydrogen-bond acceptors (Lipinski definition) is 2. The minimum Gasteiger partial charge on any atom is -0.305 e. The van der Waals surface area contributed by atoms with Crippen molar-refractivity contribution < 1.29 is 8.78 Å². The van der Waals surface area contributed by atoms with E-state index in [9.17, 15) is 8.78 Å². The second-order valence-corrected chi connectivity index (χ2v) is 5.41. The van der Waals surface area contributed by atoms with Crippen LogP contribution in [0.25, 0.3) is 0 Å². The largest absolute Gasteiger partial charge is 0.305 e. The summed E-state index contributed by atoms with van der Waals surface area (Å²) >= 11 is 3.32. The number of nitrogens with zero attached hydrogens (tertiary/aromatic N) is 1. The highest BCUT2D eigenvalue weighted by molar-refractivity contribution is 9.10. The molecule has 0 aliphatic rings. The number of aromatic nitrogens is 1. The van der Waals surface area contributed by atoms with Gasteiger partial charge in [-0.05, 0) is 58.7 Å². The zero-order valence-corrected chi connectivity index (χ0v) is 12.6. The van der Waals surface area contributed by atoms with Gasteiger partial charge in [0, 0.05) is 16.7 Å². The molecule has 2 rings (SSSR count). The molecule has 2 aromatic rings. The zero-order chi connectivity index (χ0) is 14.5. The van der Waals surface area contributed by atoms with Crippen molar-refractivity contribution in [1.29, 1.82) is 0 Å². The first-order valence-electron chi connectivity index (χ1n) is 6.41. The molecule has 0 amide bonds. The van der Waals surface area contributed by atoms with Gasteiger partial charge >= 0.3 is 0 Å². The molecule has 0 saturated carbocycles. The number of nitrogens with one attached hydrogen (secondary N) is 1. The number of halogens is 3. The Bertz CT molecular complexity index is 552. The molecular formula is C15H15BrF2N2. The number of pyridine rings is 1. The van der Waals surface area contributed by atoms with Gasteiger partial charge in [0.2, 0.25) is 0 Å². The fourth-order valence-corrected chi connectivity index (χ4v) is 2.22. The van der Waals surface area contributed by atoms with Crippen molar-refractivity contribution in [2.45, 2.75) is 19.4 Å². The van der Waals surface area contributed by atoms with Crippen LogP contribution in [0, 0.1) is 11.6 Å². The van der Waals surface area contributed by atoms with Gasteiger partial charge in [0.1, 0.15) is 11.6 Å². The molecule has 1 aromatic carbocycles. The van der Waals surface area contributed by atoms with Crippen LogP contribution in [0.5, 0.6) is 0 Å². The Morgan fingerprint density at radius 3 is 2.45 bits per heavy atom. The van der Waals surface area contributed by atoms with E-state index in [1.807, 2.05) is 19.1 Å². The molecule has 106 valence electrons. The highest BCUT2D eigenvalue weighted by atomic mass is 79.9. The van der Waals surface area contributed by atoms with E-state index in [-0.39, 0.29) is 6.04 Å². The first kappa shape index (κ1) is 15.1. The summed E-state index contributed by atoms with van der Waals surface area (Å²) in [6, 6.07) is 6.90. The maximum Gasteiger partial charge on any atom is 0.126 e. The van der Waals surface area contributed by atoms with Crippen LogP contribution in [0.3, 0.4) is 0 Å². The lowest BCUT2D eigenvalue weighted by Gasteiger charge is -2.19. The Labute approximate surface area is 125 Å². The fraction of sp³-hybridized carbons (Fsp3) is 0.267. The number of rotatable bonds is 5. The lowest BCUT2D eigenvalue weighted by atomic mass is 10.0. The maximum absolute atomic E-state index is 13.4. The first-order chi connectivity index (χ1) is 9.60. The zero-order valence-electron chi connectivity index (χ0n) is 11.0. The Morgan fingerprint density at radius 2 is 1.90 bits per heavy atom. The minimum atomic E-state index is -0.583. The van der Waals surface area contributed by atoms with E-state index < -0.39 is 11.6 Å². The molecule has 0 bridgehead atoms. The molecular weight excluding hydrogens is 326 g/mol. The molecule has 20 heavy (non-hydrogen) atoms. The fourth-order valence-electron chi connectivity index (χ4n) is 1.98. The minimum absolute atomic E-state index is 0.326. The summed E-state index contributed by atoms with van der Waals surface area (Å²) in [5, 5.41) is 3.26. The standard InChI is InChI=1S/C15H15BrF2N2/c1-2-5-19-15(14-4-3-11(16)9-20-14)10-6-12(17)8-13(18)7-10/h3-4,6-9,15,19H,2,5H2,1H3. The Morgan fingerprint density at radius 1 is 1.20 bits per heavy atom. The summed E-state index contributed by atoms with van der Waals surface area (Å²) in [6.07, 6.45) is 2.59. The normalized spacial score (nSPS) is 12.4. The molecule has 0 aliphatic carbocycles. The third kappa shape index (κ3) is 3.84. The van der Waals surface area contributed by atoms with Crippen molar-refractivity contribution in [3.8, 4) is 0 Å². The first-order valence-corrected chi connectivity index (χ1v) is 7.20. The van der Waals surface area contributed by atoms with E-state index in [1.54, 1.807) is 6.20 Å². The molecule has 1 N–H and O–H groups in total. The average molecular weight is 341 g/mol. The molecule has 5 heteroatoms. The number of benzene rings is 1. The van der Waals surface area contributed by atoms with E-state index >= 15 is 0 Å². The van der Waals surface area contributed by atoms with Crippen molar-refractivity contribution in [2.75, 3.05) is 6.54 Å². The van der Waals surface area contributed by atoms with Gasteiger partial charge in [-0.2, -0.15) is 0 Å². The van der Waals surface area contributed by atoms with Crippen LogP contribution in [0.4, 0.5) is 8.78 Å². The van der Waals surface area contributed by atoms with Gasteiger partial charge in [-0.1, -0.05) is 6.92 Å². The summed E-state index contributed by atoms with van der Waals surface area (Å²) in [6.45, 7) is 2.77. The predicted octanol–water partition coefficient (Wildman–Crippen LogP) is 4.21. The van der Waals surface area contributed by atoms with Crippen LogP contribution in [0.1, 0.15) is 30.6 Å². The molecule has 0 aliphatic heterocycles. The van der Waals surface area contributed by atoms with Gasteiger partial charge in [-0.3, -0.25) is 4.98 Å². The van der Waals surface area contributed by atoms with Crippen LogP contribution < -0.4 is 5.32 Å². The van der Waals surface area contributed by atoms with E-state index in [4.69, 9.17) is 0 Å². The maximum atomic E-state index is 13.4. The summed E-state index contributed by atoms with van der Waals surface area (Å²) in [7, 11) is 0. The van der Waals surface area contributed by atoms with Crippen LogP contribution >= 0.6 is 15.9 Å². The van der Waals surface area contributed by atoms with E-state index in [1.165, 1.54) is 12.1 Å². The topological polar surface area (TPSA) is 24.9 Å². The third-order valence-electron chi connectivity index (χ3n) is 2.86. The van der Waals surface area contributed by atoms with Gasteiger partial charge in [0.15, 0.2) is 0 Å². The monoisotopic (exact) mass is 340 g/mol. The quantitative estimate of drug-likeness (QED) is 0.881. The Balaban J connectivity index is 2.38. The second kappa shape index (κ2) is 6.90. The molecule has 2 nitrogen and oxygen atoms in total. The van der Waals surface area contributed by atoms with Crippen LogP contribution in [-0.2, 0) is 0 Å². The van der Waals surface area contributed by atoms with Crippen LogP contribution in [-0.4, -0.2) is 11.5 Å². The summed E-state index contributed by atoms with van der Waals surface area (Å²) < 4.78 is 27.7. The smallest absolute Gasteiger partial charge is 0.126 e. The van der Waals surface area contributed by atoms with Crippen molar-refractivity contribution in [3.63, 3.8) is 0 Å². The molecule has 0 fully saturated rings. The SMILES string of the molecule is CCCNC(c1cc(F)cc(F)c1)c1ccc(Br)cn1. The van der Waals surface area contributed by atoms with Gasteiger partial charge in [-0.15, -0.1) is 0 Å². The van der Waals surface area contributed by atoms with E-state index in [0.29, 0.717) is 5.56 Å². The molecule has 0 saturated heterocycles. The molecule has 0 spiro atoms. The molecule has 1 aromatic heterocycles. The predicted molar refractivity (Wildman–Crippen MR) is 78.4 cm³/mol. The lowest BCUT2D eigenvalue weighted by Crippen LogP contribution is -2.24. The van der Waals surface area contributed by atoms with Crippen molar-refractivity contribution in [3.05, 3.63) is 63.9 Å². The highest BCUT2D eigenvalue weighted by Crippen LogP contribution is 2.23. The number of hydrogen-bond donors (Lipinski definition) is 1. The van der Waals surface area contributed by atoms with E-state index in [2.05, 4.69) is 26.2 Å². The van der Waals surface area contributed by atoms with Gasteiger partial charge in [0.25, 0.3) is 0 Å². The van der Waals surface area contributed by atoms with Crippen LogP contribution in [0.15, 0.2) is 41.0 Å². The van der Waals surface area contributed by atoms with Gasteiger partial charge in [-0.25, -0.2) is 8.78 Å². The third-order valence-corrected chi connectivity index (χ3v) is 3.33. The summed E-state index contributed by atoms with van der Waals surface area (Å²) in [5.41, 5.74) is 1.26. The molecule has 1 atom stereocenters. The van der Waals surface area contributed by atoms with Gasteiger partial charge in [0.05, 0.1) is 11.7 Å². The van der Waals surface area contributed by atoms with Crippen molar-refractivity contribution in [1.82, 2.24) is 10.3 Å². The summed E-state index contributed by atoms with van der Waals surface area (Å²) in [4.78, 5) is 4.31. The second-order valence-electron chi connectivity index (χ2n) is 4.49. The van der Waals surface area contributed by atoms with Crippen molar-refractivity contribution in [2.24, 2.45) is 0 Å². The molecule has 1 heterocycles. The van der Waals surface area contributed by atoms with Gasteiger partial charge < -0.3 is 5.32 Å². The Hall–Kier alpha value is -1.33. The highest BCUT2D eigenvalue weighted by Gasteiger charge is 2.16. The van der Waals surface area contributed by atoms with Crippen LogP contribution in [0.2, 0.25) is 0 Å². The molecule has 1 unspecified atom stereocenters. The summed E-state index contributed by atoms with van der Waals surface area (Å²) in [5.74, 6) is -1.17. The van der Waals surface area contributed by atoms with Crippen molar-refractivity contribution >= 4 is 15.9 Å². The Kier molecular flexibility index (Phi) is 5.20. The molecule has 0 radical (unpaired) electrons.